The molecule has 0 saturated carbocycles. The molecule has 2 atom stereocenters. The normalized spacial score (nSPS) is 20.8. The Kier molecular flexibility index (Phi) is 10.4. The molecule has 0 spiro atoms. The van der Waals surface area contributed by atoms with E-state index in [-0.39, 0.29) is 29.8 Å². The van der Waals surface area contributed by atoms with Crippen molar-refractivity contribution in [3.63, 3.8) is 0 Å². The summed E-state index contributed by atoms with van der Waals surface area (Å²) in [6.45, 7) is 16.9. The van der Waals surface area contributed by atoms with Gasteiger partial charge in [-0.25, -0.2) is 9.79 Å². The van der Waals surface area contributed by atoms with Crippen molar-refractivity contribution in [1.29, 1.82) is 0 Å². The molecule has 2 aliphatic heterocycles. The van der Waals surface area contributed by atoms with Crippen molar-refractivity contribution in [3.05, 3.63) is 11.3 Å². The third-order valence-corrected chi connectivity index (χ3v) is 12.4. The van der Waals surface area contributed by atoms with Gasteiger partial charge in [0.15, 0.2) is 20.5 Å². The van der Waals surface area contributed by atoms with Crippen molar-refractivity contribution in [1.82, 2.24) is 15.2 Å². The van der Waals surface area contributed by atoms with Crippen LogP contribution in [0.5, 0.6) is 0 Å². The molecule has 13 heteroatoms. The maximum Gasteiger partial charge on any atom is 0.352 e. The number of β-lactam (4-membered cyclic amide) rings is 1. The Labute approximate surface area is 218 Å². The van der Waals surface area contributed by atoms with Gasteiger partial charge in [-0.05, 0) is 18.9 Å². The zero-order valence-electron chi connectivity index (χ0n) is 22.5. The summed E-state index contributed by atoms with van der Waals surface area (Å²) in [5.41, 5.74) is 0.280. The molecule has 1 fully saturated rings. The van der Waals surface area contributed by atoms with E-state index in [0.717, 1.165) is 0 Å². The number of carboxylic acid groups (broad SMARTS) is 1. The number of nitrogens with one attached hydrogen (secondary N) is 2. The summed E-state index contributed by atoms with van der Waals surface area (Å²) in [7, 11) is -2.07. The average molecular weight is 545 g/mol. The van der Waals surface area contributed by atoms with Crippen molar-refractivity contribution in [2.75, 3.05) is 32.1 Å². The number of rotatable bonds is 11. The van der Waals surface area contributed by atoms with Crippen LogP contribution in [-0.4, -0.2) is 91.9 Å². The first-order valence-electron chi connectivity index (χ1n) is 12.1. The van der Waals surface area contributed by atoms with Crippen LogP contribution in [0.25, 0.3) is 0 Å². The van der Waals surface area contributed by atoms with Crippen LogP contribution in [0.2, 0.25) is 18.1 Å². The van der Waals surface area contributed by atoms with Gasteiger partial charge in [-0.2, -0.15) is 0 Å². The molecule has 11 nitrogen and oxygen atoms in total. The fraction of sp³-hybridized carbons (Fsp3) is 0.739. The number of nitrogens with zero attached hydrogens (tertiary/aromatic N) is 2. The van der Waals surface area contributed by atoms with Crippen LogP contribution in [0.1, 0.15) is 41.5 Å². The number of carbonyl (C=O) groups excluding carboxylic acids is 2. The highest BCUT2D eigenvalue weighted by Gasteiger charge is 2.54. The fourth-order valence-corrected chi connectivity index (χ4v) is 5.87. The van der Waals surface area contributed by atoms with Gasteiger partial charge in [-0.3, -0.25) is 14.5 Å². The SMILES string of the molecule is CCOC(CN=C(NC1C(=O)N2C(C(=O)O)=C(COC(C)=O)CS[C@@H]12)N[Si](C)(C)C(C)(C)C)OCC. The predicted molar refractivity (Wildman–Crippen MR) is 141 cm³/mol. The number of aliphatic imine (C=N–C) groups is 1. The van der Waals surface area contributed by atoms with Crippen LogP contribution in [-0.2, 0) is 28.6 Å². The molecule has 2 heterocycles. The highest BCUT2D eigenvalue weighted by Crippen LogP contribution is 2.40. The van der Waals surface area contributed by atoms with Gasteiger partial charge < -0.3 is 29.6 Å². The Morgan fingerprint density at radius 2 is 1.86 bits per heavy atom. The first-order chi connectivity index (χ1) is 16.7. The minimum atomic E-state index is -2.07. The predicted octanol–water partition coefficient (Wildman–Crippen LogP) is 2.11. The number of hydrogen-bond donors (Lipinski definition) is 3. The van der Waals surface area contributed by atoms with Crippen LogP contribution >= 0.6 is 11.8 Å². The zero-order chi connectivity index (χ0) is 27.3. The topological polar surface area (TPSA) is 139 Å². The van der Waals surface area contributed by atoms with Gasteiger partial charge in [0.2, 0.25) is 0 Å². The van der Waals surface area contributed by atoms with Gasteiger partial charge in [0.05, 0.1) is 6.54 Å². The van der Waals surface area contributed by atoms with Crippen molar-refractivity contribution in [2.24, 2.45) is 4.99 Å². The number of fused-ring (bicyclic) bond motifs is 1. The second-order valence-corrected chi connectivity index (χ2v) is 16.2. The first kappa shape index (κ1) is 30.1. The summed E-state index contributed by atoms with van der Waals surface area (Å²) in [6, 6.07) is -0.659. The van der Waals surface area contributed by atoms with Crippen LogP contribution < -0.4 is 10.3 Å². The van der Waals surface area contributed by atoms with Gasteiger partial charge in [-0.15, -0.1) is 11.8 Å². The van der Waals surface area contributed by atoms with Crippen LogP contribution in [0, 0.1) is 0 Å². The molecule has 1 unspecified atom stereocenters. The van der Waals surface area contributed by atoms with Crippen molar-refractivity contribution >= 4 is 43.8 Å². The van der Waals surface area contributed by atoms with E-state index in [0.29, 0.717) is 30.5 Å². The Balaban J connectivity index is 2.28. The summed E-state index contributed by atoms with van der Waals surface area (Å²) in [6.07, 6.45) is -0.513. The van der Waals surface area contributed by atoms with Gasteiger partial charge >= 0.3 is 11.9 Å². The second-order valence-electron chi connectivity index (χ2n) is 10.1. The van der Waals surface area contributed by atoms with Crippen molar-refractivity contribution in [3.8, 4) is 0 Å². The Bertz CT molecular complexity index is 897. The minimum Gasteiger partial charge on any atom is -0.477 e. The third kappa shape index (κ3) is 7.23. The molecular formula is C23H40N4O7SSi. The first-order valence-corrected chi connectivity index (χ1v) is 16.1. The highest BCUT2D eigenvalue weighted by molar-refractivity contribution is 8.00. The average Bonchev–Trinajstić information content (AvgIpc) is 2.77. The molecule has 36 heavy (non-hydrogen) atoms. The molecule has 2 rings (SSSR count). The number of ether oxygens (including phenoxy) is 3. The molecule has 0 aromatic carbocycles. The van der Waals surface area contributed by atoms with E-state index in [1.165, 1.54) is 23.6 Å². The van der Waals surface area contributed by atoms with Gasteiger partial charge in [-0.1, -0.05) is 33.9 Å². The number of amides is 1. The zero-order valence-corrected chi connectivity index (χ0v) is 24.3. The standard InChI is InChI=1S/C23H40N4O7SSi/c1-9-32-16(33-10-2)11-24-22(26-36(7,8)23(4,5)6)25-17-19(29)27-18(21(30)31)15(12-34-14(3)28)13-35-20(17)27/h16-17,20H,9-13H2,1-8H3,(H,30,31)(H2,24,25,26)/t17?,20-/m0/s1. The van der Waals surface area contributed by atoms with E-state index < -0.39 is 37.9 Å². The Morgan fingerprint density at radius 3 is 2.36 bits per heavy atom. The highest BCUT2D eigenvalue weighted by atomic mass is 32.2. The smallest absolute Gasteiger partial charge is 0.352 e. The molecule has 0 aromatic rings. The van der Waals surface area contributed by atoms with E-state index in [9.17, 15) is 19.5 Å². The summed E-state index contributed by atoms with van der Waals surface area (Å²) >= 11 is 1.42. The molecule has 0 bridgehead atoms. The van der Waals surface area contributed by atoms with Gasteiger partial charge in [0.25, 0.3) is 5.91 Å². The summed E-state index contributed by atoms with van der Waals surface area (Å²) in [4.78, 5) is 45.9. The van der Waals surface area contributed by atoms with E-state index in [1.807, 2.05) is 13.8 Å². The lowest BCUT2D eigenvalue weighted by Gasteiger charge is -2.50. The molecule has 1 saturated heterocycles. The van der Waals surface area contributed by atoms with Crippen LogP contribution in [0.15, 0.2) is 16.3 Å². The number of carboxylic acids is 1. The van der Waals surface area contributed by atoms with E-state index in [4.69, 9.17) is 14.2 Å². The quantitative estimate of drug-likeness (QED) is 0.0885. The number of carbonyl (C=O) groups is 3. The van der Waals surface area contributed by atoms with Crippen molar-refractivity contribution < 1.29 is 33.7 Å². The van der Waals surface area contributed by atoms with Crippen LogP contribution in [0.4, 0.5) is 0 Å². The number of aliphatic carboxylic acids is 1. The fourth-order valence-electron chi connectivity index (χ4n) is 3.43. The lowest BCUT2D eigenvalue weighted by molar-refractivity contribution is -0.149. The molecule has 1 amide bonds. The molecule has 0 aliphatic carbocycles. The summed E-state index contributed by atoms with van der Waals surface area (Å²) < 4.78 is 16.2. The largest absolute Gasteiger partial charge is 0.477 e. The third-order valence-electron chi connectivity index (χ3n) is 6.40. The number of esters is 1. The maximum absolute atomic E-state index is 13.2. The molecule has 204 valence electrons. The Hall–Kier alpha value is -2.09. The Morgan fingerprint density at radius 1 is 1.25 bits per heavy atom. The summed E-state index contributed by atoms with van der Waals surface area (Å²) in [5, 5.41) is 12.6. The van der Waals surface area contributed by atoms with Gasteiger partial charge in [0.1, 0.15) is 23.7 Å². The minimum absolute atomic E-state index is 0.00520. The molecule has 3 N–H and O–H groups in total. The molecule has 0 radical (unpaired) electrons. The van der Waals surface area contributed by atoms with E-state index in [1.54, 1.807) is 0 Å². The molecular weight excluding hydrogens is 504 g/mol. The number of guanidine groups is 1. The maximum atomic E-state index is 13.2. The van der Waals surface area contributed by atoms with Crippen molar-refractivity contribution in [2.45, 2.75) is 77.4 Å². The lowest BCUT2D eigenvalue weighted by atomic mass is 10.0. The lowest BCUT2D eigenvalue weighted by Crippen LogP contribution is -2.72. The van der Waals surface area contributed by atoms with Gasteiger partial charge in [0, 0.05) is 31.5 Å². The summed E-state index contributed by atoms with van der Waals surface area (Å²) in [5.74, 6) is -1.31. The molecule has 0 aromatic heterocycles. The number of hydrogen-bond acceptors (Lipinski definition) is 8. The van der Waals surface area contributed by atoms with E-state index >= 15 is 0 Å². The van der Waals surface area contributed by atoms with E-state index in [2.05, 4.69) is 49.2 Å². The number of thioether (sulfide) groups is 1. The monoisotopic (exact) mass is 544 g/mol. The van der Waals surface area contributed by atoms with Crippen LogP contribution in [0.3, 0.4) is 0 Å². The second kappa shape index (κ2) is 12.4. The molecule has 2 aliphatic rings.